The Hall–Kier alpha value is -0.480. The van der Waals surface area contributed by atoms with E-state index in [2.05, 4.69) is 20.9 Å². The molecule has 0 saturated heterocycles. The van der Waals surface area contributed by atoms with Gasteiger partial charge in [-0.25, -0.2) is 9.37 Å². The van der Waals surface area contributed by atoms with Gasteiger partial charge in [0.15, 0.2) is 0 Å². The largest absolute Gasteiger partial charge is 0.391 e. The third kappa shape index (κ3) is 1.33. The number of aromatic nitrogens is 1. The van der Waals surface area contributed by atoms with E-state index in [4.69, 9.17) is 5.11 Å². The monoisotopic (exact) mass is 205 g/mol. The Labute approximate surface area is 65.8 Å². The fraction of sp³-hybridized carbons (Fsp3) is 0.167. The zero-order valence-corrected chi connectivity index (χ0v) is 6.60. The van der Waals surface area contributed by atoms with Crippen molar-refractivity contribution in [3.8, 4) is 0 Å². The van der Waals surface area contributed by atoms with E-state index in [9.17, 15) is 4.39 Å². The summed E-state index contributed by atoms with van der Waals surface area (Å²) in [5.41, 5.74) is 0.197. The van der Waals surface area contributed by atoms with Crippen LogP contribution in [-0.4, -0.2) is 10.1 Å². The lowest BCUT2D eigenvalue weighted by Gasteiger charge is -1.98. The summed E-state index contributed by atoms with van der Waals surface area (Å²) < 4.78 is 13.0. The Morgan fingerprint density at radius 2 is 2.40 bits per heavy atom. The summed E-state index contributed by atoms with van der Waals surface area (Å²) in [6.07, 6.45) is 1.33. The molecule has 1 rings (SSSR count). The van der Waals surface area contributed by atoms with Crippen molar-refractivity contribution in [2.45, 2.75) is 6.61 Å². The van der Waals surface area contributed by atoms with Crippen molar-refractivity contribution in [2.75, 3.05) is 0 Å². The maximum atomic E-state index is 12.6. The number of hydrogen-bond acceptors (Lipinski definition) is 2. The molecule has 1 heterocycles. The zero-order valence-electron chi connectivity index (χ0n) is 5.01. The topological polar surface area (TPSA) is 33.1 Å². The smallest absolute Gasteiger partial charge is 0.132 e. The highest BCUT2D eigenvalue weighted by atomic mass is 79.9. The number of halogens is 2. The first-order chi connectivity index (χ1) is 4.75. The van der Waals surface area contributed by atoms with E-state index in [1.807, 2.05) is 0 Å². The van der Waals surface area contributed by atoms with Gasteiger partial charge in [0.2, 0.25) is 0 Å². The molecule has 0 aromatic carbocycles. The standard InChI is InChI=1S/C6H5BrFNO/c7-6-4(3-10)5(8)1-2-9-6/h1-2,10H,3H2. The SMILES string of the molecule is OCc1c(F)ccnc1Br. The second kappa shape index (κ2) is 3.07. The molecule has 54 valence electrons. The minimum atomic E-state index is -0.440. The van der Waals surface area contributed by atoms with Gasteiger partial charge in [-0.05, 0) is 22.0 Å². The van der Waals surface area contributed by atoms with Crippen molar-refractivity contribution in [2.24, 2.45) is 0 Å². The van der Waals surface area contributed by atoms with Gasteiger partial charge in [0.05, 0.1) is 6.61 Å². The average Bonchev–Trinajstić information content (AvgIpc) is 1.88. The molecule has 0 atom stereocenters. The van der Waals surface area contributed by atoms with Gasteiger partial charge in [-0.15, -0.1) is 0 Å². The molecule has 0 aliphatic heterocycles. The number of hydrogen-bond donors (Lipinski definition) is 1. The van der Waals surface area contributed by atoms with Gasteiger partial charge in [-0.3, -0.25) is 0 Å². The molecule has 0 spiro atoms. The summed E-state index contributed by atoms with van der Waals surface area (Å²) in [6, 6.07) is 1.20. The molecule has 0 aliphatic carbocycles. The van der Waals surface area contributed by atoms with Crippen LogP contribution >= 0.6 is 15.9 Å². The van der Waals surface area contributed by atoms with E-state index in [0.717, 1.165) is 0 Å². The molecule has 0 radical (unpaired) electrons. The Morgan fingerprint density at radius 3 is 2.80 bits per heavy atom. The van der Waals surface area contributed by atoms with Gasteiger partial charge in [0, 0.05) is 11.8 Å². The van der Waals surface area contributed by atoms with Crippen LogP contribution in [-0.2, 0) is 6.61 Å². The van der Waals surface area contributed by atoms with Gasteiger partial charge >= 0.3 is 0 Å². The minimum absolute atomic E-state index is 0.197. The van der Waals surface area contributed by atoms with Gasteiger partial charge in [-0.2, -0.15) is 0 Å². The van der Waals surface area contributed by atoms with E-state index >= 15 is 0 Å². The Kier molecular flexibility index (Phi) is 2.34. The van der Waals surface area contributed by atoms with Crippen LogP contribution in [0.1, 0.15) is 5.56 Å². The number of nitrogens with zero attached hydrogens (tertiary/aromatic N) is 1. The highest BCUT2D eigenvalue weighted by Gasteiger charge is 2.04. The van der Waals surface area contributed by atoms with E-state index in [0.29, 0.717) is 4.60 Å². The van der Waals surface area contributed by atoms with Crippen molar-refractivity contribution in [3.63, 3.8) is 0 Å². The van der Waals surface area contributed by atoms with Crippen LogP contribution < -0.4 is 0 Å². The number of aliphatic hydroxyl groups is 1. The van der Waals surface area contributed by atoms with Crippen molar-refractivity contribution < 1.29 is 9.50 Å². The first kappa shape index (κ1) is 7.63. The lowest BCUT2D eigenvalue weighted by Crippen LogP contribution is -1.92. The van der Waals surface area contributed by atoms with E-state index in [1.165, 1.54) is 12.3 Å². The van der Waals surface area contributed by atoms with E-state index in [-0.39, 0.29) is 12.2 Å². The highest BCUT2D eigenvalue weighted by molar-refractivity contribution is 9.10. The third-order valence-electron chi connectivity index (χ3n) is 1.10. The number of aliphatic hydroxyl groups excluding tert-OH is 1. The molecular formula is C6H5BrFNO. The molecule has 1 N–H and O–H groups in total. The molecule has 1 aromatic heterocycles. The summed E-state index contributed by atoms with van der Waals surface area (Å²) in [4.78, 5) is 3.73. The fourth-order valence-electron chi connectivity index (χ4n) is 0.586. The van der Waals surface area contributed by atoms with Crippen LogP contribution in [0.5, 0.6) is 0 Å². The predicted molar refractivity (Wildman–Crippen MR) is 37.8 cm³/mol. The van der Waals surface area contributed by atoms with Crippen LogP contribution in [0.3, 0.4) is 0 Å². The predicted octanol–water partition coefficient (Wildman–Crippen LogP) is 1.48. The van der Waals surface area contributed by atoms with Crippen LogP contribution in [0.2, 0.25) is 0 Å². The van der Waals surface area contributed by atoms with Crippen molar-refractivity contribution >= 4 is 15.9 Å². The molecule has 0 aliphatic rings. The molecule has 0 unspecified atom stereocenters. The Balaban J connectivity index is 3.17. The average molecular weight is 206 g/mol. The quantitative estimate of drug-likeness (QED) is 0.705. The molecule has 0 fully saturated rings. The number of rotatable bonds is 1. The first-order valence-electron chi connectivity index (χ1n) is 2.65. The van der Waals surface area contributed by atoms with Crippen LogP contribution in [0.15, 0.2) is 16.9 Å². The molecule has 0 bridgehead atoms. The second-order valence-electron chi connectivity index (χ2n) is 1.72. The van der Waals surface area contributed by atoms with Crippen molar-refractivity contribution in [3.05, 3.63) is 28.2 Å². The number of pyridine rings is 1. The summed E-state index contributed by atoms with van der Waals surface area (Å²) >= 11 is 3.00. The Morgan fingerprint density at radius 1 is 1.70 bits per heavy atom. The molecule has 10 heavy (non-hydrogen) atoms. The molecule has 2 nitrogen and oxygen atoms in total. The maximum Gasteiger partial charge on any atom is 0.132 e. The van der Waals surface area contributed by atoms with Crippen LogP contribution in [0.25, 0.3) is 0 Å². The molecule has 0 amide bonds. The summed E-state index contributed by atoms with van der Waals surface area (Å²) in [5.74, 6) is -0.440. The van der Waals surface area contributed by atoms with Crippen LogP contribution in [0.4, 0.5) is 4.39 Å². The molecule has 4 heteroatoms. The van der Waals surface area contributed by atoms with E-state index in [1.54, 1.807) is 0 Å². The maximum absolute atomic E-state index is 12.6. The lowest BCUT2D eigenvalue weighted by molar-refractivity contribution is 0.274. The third-order valence-corrected chi connectivity index (χ3v) is 1.79. The van der Waals surface area contributed by atoms with Crippen molar-refractivity contribution in [1.82, 2.24) is 4.98 Å². The van der Waals surface area contributed by atoms with E-state index < -0.39 is 5.82 Å². The lowest BCUT2D eigenvalue weighted by atomic mass is 10.3. The molecular weight excluding hydrogens is 201 g/mol. The van der Waals surface area contributed by atoms with Crippen molar-refractivity contribution in [1.29, 1.82) is 0 Å². The van der Waals surface area contributed by atoms with Gasteiger partial charge in [0.1, 0.15) is 10.4 Å². The molecule has 0 saturated carbocycles. The Bertz CT molecular complexity index is 221. The summed E-state index contributed by atoms with van der Waals surface area (Å²) in [6.45, 7) is -0.333. The minimum Gasteiger partial charge on any atom is -0.391 e. The van der Waals surface area contributed by atoms with Gasteiger partial charge in [-0.1, -0.05) is 0 Å². The summed E-state index contributed by atoms with van der Waals surface area (Å²) in [7, 11) is 0. The van der Waals surface area contributed by atoms with Crippen LogP contribution in [0, 0.1) is 5.82 Å². The van der Waals surface area contributed by atoms with Gasteiger partial charge < -0.3 is 5.11 Å². The highest BCUT2D eigenvalue weighted by Crippen LogP contribution is 2.15. The normalized spacial score (nSPS) is 9.90. The van der Waals surface area contributed by atoms with Gasteiger partial charge in [0.25, 0.3) is 0 Å². The molecule has 1 aromatic rings. The second-order valence-corrected chi connectivity index (χ2v) is 2.47. The summed E-state index contributed by atoms with van der Waals surface area (Å²) in [5, 5.41) is 8.59. The zero-order chi connectivity index (χ0) is 7.56. The first-order valence-corrected chi connectivity index (χ1v) is 3.44. The fourth-order valence-corrected chi connectivity index (χ4v) is 1.02.